The van der Waals surface area contributed by atoms with Gasteiger partial charge >= 0.3 is 0 Å². The molecule has 0 aromatic carbocycles. The molecule has 0 aliphatic carbocycles. The Hall–Kier alpha value is -0.590. The van der Waals surface area contributed by atoms with Crippen LogP contribution in [-0.2, 0) is 4.79 Å². The zero-order valence-corrected chi connectivity index (χ0v) is 10.6. The zero-order valence-electron chi connectivity index (χ0n) is 8.24. The summed E-state index contributed by atoms with van der Waals surface area (Å²) in [4.78, 5) is 15.2. The monoisotopic (exact) mass is 289 g/mol. The first kappa shape index (κ1) is 12.5. The van der Waals surface area contributed by atoms with Crippen molar-refractivity contribution in [2.45, 2.75) is 23.6 Å². The van der Waals surface area contributed by atoms with E-state index in [4.69, 9.17) is 5.84 Å². The van der Waals surface area contributed by atoms with Gasteiger partial charge in [-0.15, -0.1) is 11.8 Å². The van der Waals surface area contributed by atoms with E-state index in [2.05, 4.69) is 26.3 Å². The van der Waals surface area contributed by atoms with E-state index in [1.54, 1.807) is 6.20 Å². The molecule has 1 amide bonds. The Morgan fingerprint density at radius 2 is 2.53 bits per heavy atom. The number of hydrogen-bond acceptors (Lipinski definition) is 4. The SMILES string of the molecule is CC(CC(=O)NN)Sc1ncccc1Br. The molecule has 0 radical (unpaired) electrons. The molecule has 1 rings (SSSR count). The highest BCUT2D eigenvalue weighted by molar-refractivity contribution is 9.10. The van der Waals surface area contributed by atoms with Gasteiger partial charge in [-0.25, -0.2) is 10.8 Å². The Bertz CT molecular complexity index is 348. The maximum absolute atomic E-state index is 11.0. The summed E-state index contributed by atoms with van der Waals surface area (Å²) in [6.45, 7) is 1.96. The number of nitrogens with zero attached hydrogens (tertiary/aromatic N) is 1. The van der Waals surface area contributed by atoms with Crippen LogP contribution in [0.25, 0.3) is 0 Å². The average molecular weight is 290 g/mol. The van der Waals surface area contributed by atoms with Crippen molar-refractivity contribution in [1.29, 1.82) is 0 Å². The molecule has 0 aliphatic rings. The number of carbonyl (C=O) groups excluding carboxylic acids is 1. The highest BCUT2D eigenvalue weighted by atomic mass is 79.9. The number of carbonyl (C=O) groups is 1. The third-order valence-electron chi connectivity index (χ3n) is 1.67. The number of hydrogen-bond donors (Lipinski definition) is 2. The molecule has 82 valence electrons. The summed E-state index contributed by atoms with van der Waals surface area (Å²) in [5.74, 6) is 4.85. The quantitative estimate of drug-likeness (QED) is 0.383. The number of nitrogens with two attached hydrogens (primary N) is 1. The minimum atomic E-state index is -0.165. The van der Waals surface area contributed by atoms with Crippen LogP contribution in [0.5, 0.6) is 0 Å². The number of amides is 1. The van der Waals surface area contributed by atoms with Gasteiger partial charge in [0.25, 0.3) is 0 Å². The summed E-state index contributed by atoms with van der Waals surface area (Å²) in [7, 11) is 0. The van der Waals surface area contributed by atoms with Gasteiger partial charge < -0.3 is 0 Å². The van der Waals surface area contributed by atoms with Gasteiger partial charge in [0.2, 0.25) is 5.91 Å². The standard InChI is InChI=1S/C9H12BrN3OS/c1-6(5-8(14)13-11)15-9-7(10)3-2-4-12-9/h2-4,6H,5,11H2,1H3,(H,13,14). The lowest BCUT2D eigenvalue weighted by atomic mass is 10.3. The largest absolute Gasteiger partial charge is 0.294 e. The Kier molecular flexibility index (Phi) is 5.07. The molecule has 1 atom stereocenters. The third-order valence-corrected chi connectivity index (χ3v) is 3.69. The Morgan fingerprint density at radius 3 is 3.13 bits per heavy atom. The molecular formula is C9H12BrN3OS. The predicted molar refractivity (Wildman–Crippen MR) is 64.2 cm³/mol. The lowest BCUT2D eigenvalue weighted by Gasteiger charge is -2.09. The van der Waals surface area contributed by atoms with Gasteiger partial charge in [0.15, 0.2) is 0 Å². The van der Waals surface area contributed by atoms with E-state index < -0.39 is 0 Å². The fourth-order valence-corrected chi connectivity index (χ4v) is 2.46. The lowest BCUT2D eigenvalue weighted by molar-refractivity contribution is -0.121. The van der Waals surface area contributed by atoms with E-state index in [0.29, 0.717) is 6.42 Å². The van der Waals surface area contributed by atoms with Crippen LogP contribution in [0.1, 0.15) is 13.3 Å². The molecule has 0 saturated carbocycles. The minimum absolute atomic E-state index is 0.139. The van der Waals surface area contributed by atoms with Crippen LogP contribution in [-0.4, -0.2) is 16.1 Å². The van der Waals surface area contributed by atoms with Crippen LogP contribution in [0, 0.1) is 0 Å². The number of aromatic nitrogens is 1. The van der Waals surface area contributed by atoms with Crippen LogP contribution < -0.4 is 11.3 Å². The van der Waals surface area contributed by atoms with Crippen LogP contribution in [0.3, 0.4) is 0 Å². The molecule has 0 saturated heterocycles. The Morgan fingerprint density at radius 1 is 1.80 bits per heavy atom. The number of hydrazine groups is 1. The Labute approximate surface area is 101 Å². The number of nitrogens with one attached hydrogen (secondary N) is 1. The summed E-state index contributed by atoms with van der Waals surface area (Å²) in [5, 5.41) is 1.02. The molecule has 1 heterocycles. The van der Waals surface area contributed by atoms with Crippen molar-refractivity contribution in [2.75, 3.05) is 0 Å². The second-order valence-electron chi connectivity index (χ2n) is 2.99. The summed E-state index contributed by atoms with van der Waals surface area (Å²) in [5.41, 5.74) is 2.11. The van der Waals surface area contributed by atoms with Crippen molar-refractivity contribution < 1.29 is 4.79 Å². The molecule has 1 aromatic rings. The van der Waals surface area contributed by atoms with Gasteiger partial charge in [-0.1, -0.05) is 6.92 Å². The van der Waals surface area contributed by atoms with E-state index >= 15 is 0 Å². The van der Waals surface area contributed by atoms with E-state index in [1.807, 2.05) is 19.1 Å². The van der Waals surface area contributed by atoms with Gasteiger partial charge in [-0.05, 0) is 28.1 Å². The fourth-order valence-electron chi connectivity index (χ4n) is 1.01. The van der Waals surface area contributed by atoms with E-state index in [9.17, 15) is 4.79 Å². The molecular weight excluding hydrogens is 278 g/mol. The second-order valence-corrected chi connectivity index (χ2v) is 5.27. The van der Waals surface area contributed by atoms with Crippen molar-refractivity contribution in [3.05, 3.63) is 22.8 Å². The normalized spacial score (nSPS) is 12.2. The van der Waals surface area contributed by atoms with E-state index in [-0.39, 0.29) is 11.2 Å². The average Bonchev–Trinajstić information content (AvgIpc) is 2.21. The first-order valence-electron chi connectivity index (χ1n) is 4.40. The molecule has 0 aliphatic heterocycles. The van der Waals surface area contributed by atoms with Crippen LogP contribution in [0.15, 0.2) is 27.8 Å². The van der Waals surface area contributed by atoms with E-state index in [0.717, 1.165) is 9.50 Å². The topological polar surface area (TPSA) is 68.0 Å². The van der Waals surface area contributed by atoms with Gasteiger partial charge in [-0.3, -0.25) is 10.2 Å². The summed E-state index contributed by atoms with van der Waals surface area (Å²) >= 11 is 4.94. The van der Waals surface area contributed by atoms with Crippen molar-refractivity contribution >= 4 is 33.6 Å². The first-order chi connectivity index (χ1) is 7.13. The molecule has 4 nitrogen and oxygen atoms in total. The summed E-state index contributed by atoms with van der Waals surface area (Å²) < 4.78 is 0.940. The molecule has 1 aromatic heterocycles. The van der Waals surface area contributed by atoms with Gasteiger partial charge in [-0.2, -0.15) is 0 Å². The van der Waals surface area contributed by atoms with Crippen molar-refractivity contribution in [3.63, 3.8) is 0 Å². The van der Waals surface area contributed by atoms with Crippen LogP contribution in [0.2, 0.25) is 0 Å². The number of rotatable bonds is 4. The maximum atomic E-state index is 11.0. The number of pyridine rings is 1. The highest BCUT2D eigenvalue weighted by Gasteiger charge is 2.11. The number of halogens is 1. The van der Waals surface area contributed by atoms with Crippen LogP contribution >= 0.6 is 27.7 Å². The predicted octanol–water partition coefficient (Wildman–Crippen LogP) is 1.70. The van der Waals surface area contributed by atoms with Crippen molar-refractivity contribution in [2.24, 2.45) is 5.84 Å². The van der Waals surface area contributed by atoms with Gasteiger partial charge in [0.05, 0.1) is 0 Å². The molecule has 15 heavy (non-hydrogen) atoms. The molecule has 3 N–H and O–H groups in total. The summed E-state index contributed by atoms with van der Waals surface area (Å²) in [6, 6.07) is 3.77. The zero-order chi connectivity index (χ0) is 11.3. The second kappa shape index (κ2) is 6.09. The first-order valence-corrected chi connectivity index (χ1v) is 6.07. The smallest absolute Gasteiger partial charge is 0.234 e. The molecule has 0 fully saturated rings. The lowest BCUT2D eigenvalue weighted by Crippen LogP contribution is -2.31. The molecule has 1 unspecified atom stereocenters. The number of thioether (sulfide) groups is 1. The molecule has 0 spiro atoms. The fraction of sp³-hybridized carbons (Fsp3) is 0.333. The third kappa shape index (κ3) is 4.19. The van der Waals surface area contributed by atoms with Crippen LogP contribution in [0.4, 0.5) is 0 Å². The molecule has 6 heteroatoms. The highest BCUT2D eigenvalue weighted by Crippen LogP contribution is 2.29. The van der Waals surface area contributed by atoms with Gasteiger partial charge in [0.1, 0.15) is 5.03 Å². The van der Waals surface area contributed by atoms with Crippen molar-refractivity contribution in [3.8, 4) is 0 Å². The summed E-state index contributed by atoms with van der Waals surface area (Å²) in [6.07, 6.45) is 2.10. The minimum Gasteiger partial charge on any atom is -0.294 e. The Balaban J connectivity index is 2.55. The molecule has 0 bridgehead atoms. The van der Waals surface area contributed by atoms with Crippen molar-refractivity contribution in [1.82, 2.24) is 10.4 Å². The maximum Gasteiger partial charge on any atom is 0.234 e. The van der Waals surface area contributed by atoms with E-state index in [1.165, 1.54) is 11.8 Å². The van der Waals surface area contributed by atoms with Gasteiger partial charge in [0, 0.05) is 22.3 Å².